The number of sulfonamides is 1. The zero-order valence-electron chi connectivity index (χ0n) is 28.2. The normalized spacial score (nSPS) is 14.9. The SMILES string of the molecule is COc1ccc(S(=O)(=O)N(CC(O)CN(CCc2ccccc2)C(=O)[C@@H](NC(=O)OCc2ccccc2)C(C)C)CC2CCCC2)cc1. The molecule has 1 saturated carbocycles. The van der Waals surface area contributed by atoms with Gasteiger partial charge in [0, 0.05) is 26.2 Å². The van der Waals surface area contributed by atoms with E-state index in [-0.39, 0.29) is 55.4 Å². The second-order valence-corrected chi connectivity index (χ2v) is 14.7. The van der Waals surface area contributed by atoms with Gasteiger partial charge in [-0.05, 0) is 66.5 Å². The highest BCUT2D eigenvalue weighted by atomic mass is 32.2. The van der Waals surface area contributed by atoms with Gasteiger partial charge in [0.2, 0.25) is 15.9 Å². The number of methoxy groups -OCH3 is 1. The van der Waals surface area contributed by atoms with Crippen molar-refractivity contribution in [3.8, 4) is 5.75 Å². The number of amides is 2. The predicted molar refractivity (Wildman–Crippen MR) is 185 cm³/mol. The Morgan fingerprint density at radius 2 is 1.50 bits per heavy atom. The highest BCUT2D eigenvalue weighted by Gasteiger charge is 2.34. The number of benzene rings is 3. The second-order valence-electron chi connectivity index (χ2n) is 12.7. The van der Waals surface area contributed by atoms with Gasteiger partial charge in [-0.25, -0.2) is 13.2 Å². The van der Waals surface area contributed by atoms with Gasteiger partial charge in [0.25, 0.3) is 0 Å². The van der Waals surface area contributed by atoms with Gasteiger partial charge in [-0.2, -0.15) is 4.31 Å². The first kappa shape index (κ1) is 36.9. The van der Waals surface area contributed by atoms with Crippen LogP contribution in [0.3, 0.4) is 0 Å². The zero-order valence-corrected chi connectivity index (χ0v) is 29.0. The van der Waals surface area contributed by atoms with Crippen LogP contribution in [0.2, 0.25) is 0 Å². The largest absolute Gasteiger partial charge is 0.497 e. The Labute approximate surface area is 285 Å². The van der Waals surface area contributed by atoms with Crippen molar-refractivity contribution < 1.29 is 32.6 Å². The summed E-state index contributed by atoms with van der Waals surface area (Å²) in [7, 11) is -2.44. The fourth-order valence-corrected chi connectivity index (χ4v) is 7.55. The summed E-state index contributed by atoms with van der Waals surface area (Å²) in [5.74, 6) is 0.0723. The number of hydrogen-bond donors (Lipinski definition) is 2. The lowest BCUT2D eigenvalue weighted by Crippen LogP contribution is -2.54. The number of alkyl carbamates (subject to hydrolysis) is 1. The molecule has 11 heteroatoms. The van der Waals surface area contributed by atoms with Gasteiger partial charge in [-0.3, -0.25) is 4.79 Å². The van der Waals surface area contributed by atoms with Gasteiger partial charge in [0.1, 0.15) is 18.4 Å². The van der Waals surface area contributed by atoms with Gasteiger partial charge in [0.05, 0.1) is 18.1 Å². The van der Waals surface area contributed by atoms with Crippen LogP contribution >= 0.6 is 0 Å². The number of nitrogens with zero attached hydrogens (tertiary/aromatic N) is 2. The first-order valence-electron chi connectivity index (χ1n) is 16.7. The van der Waals surface area contributed by atoms with Crippen LogP contribution in [-0.4, -0.2) is 80.2 Å². The third kappa shape index (κ3) is 10.8. The van der Waals surface area contributed by atoms with E-state index in [2.05, 4.69) is 5.32 Å². The summed E-state index contributed by atoms with van der Waals surface area (Å²) in [6.45, 7) is 3.97. The first-order chi connectivity index (χ1) is 23.1. The summed E-state index contributed by atoms with van der Waals surface area (Å²) in [6, 6.07) is 24.2. The summed E-state index contributed by atoms with van der Waals surface area (Å²) in [5.41, 5.74) is 1.82. The highest BCUT2D eigenvalue weighted by Crippen LogP contribution is 2.28. The lowest BCUT2D eigenvalue weighted by molar-refractivity contribution is -0.136. The molecule has 1 aliphatic carbocycles. The van der Waals surface area contributed by atoms with Gasteiger partial charge in [-0.15, -0.1) is 0 Å². The molecule has 2 amide bonds. The van der Waals surface area contributed by atoms with Gasteiger partial charge in [-0.1, -0.05) is 87.4 Å². The molecular weight excluding hydrogens is 630 g/mol. The van der Waals surface area contributed by atoms with E-state index in [0.29, 0.717) is 12.2 Å². The molecule has 0 aliphatic heterocycles. The number of carbonyl (C=O) groups excluding carboxylic acids is 2. The van der Waals surface area contributed by atoms with Crippen LogP contribution in [-0.2, 0) is 32.6 Å². The van der Waals surface area contributed by atoms with E-state index in [1.54, 1.807) is 12.1 Å². The topological polar surface area (TPSA) is 125 Å². The van der Waals surface area contributed by atoms with Crippen LogP contribution in [0, 0.1) is 11.8 Å². The lowest BCUT2D eigenvalue weighted by atomic mass is 10.0. The highest BCUT2D eigenvalue weighted by molar-refractivity contribution is 7.89. The summed E-state index contributed by atoms with van der Waals surface area (Å²) >= 11 is 0. The molecule has 0 radical (unpaired) electrons. The number of aliphatic hydroxyl groups excluding tert-OH is 1. The summed E-state index contributed by atoms with van der Waals surface area (Å²) in [4.78, 5) is 28.6. The van der Waals surface area contributed by atoms with E-state index in [9.17, 15) is 23.1 Å². The Kier molecular flexibility index (Phi) is 13.8. The Morgan fingerprint density at radius 3 is 2.08 bits per heavy atom. The standard InChI is InChI=1S/C37H49N3O7S/c1-28(2)35(38-37(43)47-27-31-16-8-5-9-17-31)36(42)39(23-22-29-12-6-4-7-13-29)25-32(41)26-40(24-30-14-10-11-15-30)48(44,45)34-20-18-33(46-3)19-21-34/h4-9,12-13,16-21,28,30,32,35,41H,10-11,14-15,22-27H2,1-3H3,(H,38,43)/t32?,35-/m0/s1. The van der Waals surface area contributed by atoms with Crippen molar-refractivity contribution in [1.29, 1.82) is 0 Å². The van der Waals surface area contributed by atoms with Crippen LogP contribution in [0.4, 0.5) is 4.79 Å². The average molecular weight is 680 g/mol. The van der Waals surface area contributed by atoms with Crippen molar-refractivity contribution in [2.24, 2.45) is 11.8 Å². The maximum atomic E-state index is 14.1. The Balaban J connectivity index is 1.52. The molecule has 1 fully saturated rings. The van der Waals surface area contributed by atoms with Crippen LogP contribution in [0.1, 0.15) is 50.7 Å². The maximum Gasteiger partial charge on any atom is 0.408 e. The monoisotopic (exact) mass is 679 g/mol. The van der Waals surface area contributed by atoms with E-state index < -0.39 is 28.3 Å². The quantitative estimate of drug-likeness (QED) is 0.200. The Bertz CT molecular complexity index is 1530. The molecule has 1 unspecified atom stereocenters. The fraction of sp³-hybridized carbons (Fsp3) is 0.459. The molecule has 0 aromatic heterocycles. The number of rotatable bonds is 17. The third-order valence-electron chi connectivity index (χ3n) is 8.72. The average Bonchev–Trinajstić information content (AvgIpc) is 3.61. The molecule has 0 spiro atoms. The molecule has 3 aromatic carbocycles. The minimum Gasteiger partial charge on any atom is -0.497 e. The van der Waals surface area contributed by atoms with Gasteiger partial charge >= 0.3 is 6.09 Å². The molecule has 4 rings (SSSR count). The van der Waals surface area contributed by atoms with Crippen LogP contribution in [0.15, 0.2) is 89.8 Å². The van der Waals surface area contributed by atoms with Crippen LogP contribution in [0.5, 0.6) is 5.75 Å². The number of ether oxygens (including phenoxy) is 2. The molecule has 260 valence electrons. The lowest BCUT2D eigenvalue weighted by Gasteiger charge is -2.33. The van der Waals surface area contributed by atoms with E-state index >= 15 is 0 Å². The molecule has 48 heavy (non-hydrogen) atoms. The summed E-state index contributed by atoms with van der Waals surface area (Å²) < 4.78 is 39.8. The Hall–Kier alpha value is -3.93. The molecule has 2 N–H and O–H groups in total. The smallest absolute Gasteiger partial charge is 0.408 e. The van der Waals surface area contributed by atoms with Crippen molar-refractivity contribution in [3.63, 3.8) is 0 Å². The zero-order chi connectivity index (χ0) is 34.5. The number of carbonyl (C=O) groups is 2. The van der Waals surface area contributed by atoms with E-state index in [4.69, 9.17) is 9.47 Å². The molecule has 3 aromatic rings. The summed E-state index contributed by atoms with van der Waals surface area (Å²) in [6.07, 6.45) is 2.55. The number of nitrogens with one attached hydrogen (secondary N) is 1. The molecule has 0 saturated heterocycles. The molecule has 0 heterocycles. The maximum absolute atomic E-state index is 14.1. The third-order valence-corrected chi connectivity index (χ3v) is 10.6. The molecule has 1 aliphatic rings. The molecule has 0 bridgehead atoms. The van der Waals surface area contributed by atoms with Crippen molar-refractivity contribution in [2.45, 2.75) is 69.6 Å². The minimum atomic E-state index is -3.95. The molecule has 2 atom stereocenters. The Morgan fingerprint density at radius 1 is 0.896 bits per heavy atom. The number of aliphatic hydroxyl groups is 1. The minimum absolute atomic E-state index is 0.0572. The molecular formula is C37H49N3O7S. The van der Waals surface area contributed by atoms with Gasteiger partial charge < -0.3 is 24.8 Å². The number of hydrogen-bond acceptors (Lipinski definition) is 7. The first-order valence-corrected chi connectivity index (χ1v) is 18.1. The van der Waals surface area contributed by atoms with Crippen molar-refractivity contribution in [1.82, 2.24) is 14.5 Å². The predicted octanol–water partition coefficient (Wildman–Crippen LogP) is 5.26. The van der Waals surface area contributed by atoms with Gasteiger partial charge in [0.15, 0.2) is 0 Å². The van der Waals surface area contributed by atoms with Crippen molar-refractivity contribution >= 4 is 22.0 Å². The van der Waals surface area contributed by atoms with E-state index in [1.165, 1.54) is 28.4 Å². The van der Waals surface area contributed by atoms with E-state index in [1.807, 2.05) is 74.5 Å². The van der Waals surface area contributed by atoms with Crippen LogP contribution in [0.25, 0.3) is 0 Å². The van der Waals surface area contributed by atoms with Crippen LogP contribution < -0.4 is 10.1 Å². The molecule has 10 nitrogen and oxygen atoms in total. The summed E-state index contributed by atoms with van der Waals surface area (Å²) in [5, 5.41) is 14.2. The second kappa shape index (κ2) is 18.0. The van der Waals surface area contributed by atoms with Crippen molar-refractivity contribution in [3.05, 3.63) is 96.1 Å². The van der Waals surface area contributed by atoms with E-state index in [0.717, 1.165) is 36.8 Å². The van der Waals surface area contributed by atoms with Crippen molar-refractivity contribution in [2.75, 3.05) is 33.3 Å². The fourth-order valence-electron chi connectivity index (χ4n) is 6.00.